The summed E-state index contributed by atoms with van der Waals surface area (Å²) in [6.07, 6.45) is 3.52. The van der Waals surface area contributed by atoms with Crippen molar-refractivity contribution in [3.63, 3.8) is 0 Å². The maximum atomic E-state index is 13.1. The van der Waals surface area contributed by atoms with Gasteiger partial charge in [-0.2, -0.15) is 0 Å². The van der Waals surface area contributed by atoms with E-state index in [-0.39, 0.29) is 17.1 Å². The third-order valence-corrected chi connectivity index (χ3v) is 7.72. The van der Waals surface area contributed by atoms with Crippen LogP contribution in [0.5, 0.6) is 11.5 Å². The predicted octanol–water partition coefficient (Wildman–Crippen LogP) is 7.57. The number of fused-ring (bicyclic) bond motifs is 4. The summed E-state index contributed by atoms with van der Waals surface area (Å²) >= 11 is 0. The zero-order valence-electron chi connectivity index (χ0n) is 26.5. The zero-order chi connectivity index (χ0) is 32.6. The summed E-state index contributed by atoms with van der Waals surface area (Å²) in [6.45, 7) is 12.0. The van der Waals surface area contributed by atoms with E-state index in [1.165, 1.54) is 6.07 Å². The molecule has 0 atom stereocenters. The van der Waals surface area contributed by atoms with Crippen LogP contribution in [-0.4, -0.2) is 43.2 Å². The molecule has 0 amide bonds. The monoisotopic (exact) mass is 622 g/mol. The van der Waals surface area contributed by atoms with Crippen molar-refractivity contribution in [2.75, 3.05) is 31.2 Å². The normalized spacial score (nSPS) is 11.1. The number of nitrogens with zero attached hydrogens (tertiary/aromatic N) is 2. The Morgan fingerprint density at radius 3 is 2.28 bits per heavy atom. The number of carbonyl (C=O) groups excluding carboxylic acids is 2. The van der Waals surface area contributed by atoms with Crippen LogP contribution in [0.2, 0.25) is 0 Å². The predicted molar refractivity (Wildman–Crippen MR) is 179 cm³/mol. The topological polar surface area (TPSA) is 108 Å². The van der Waals surface area contributed by atoms with Gasteiger partial charge in [0.2, 0.25) is 0 Å². The van der Waals surface area contributed by atoms with Gasteiger partial charge in [0.25, 0.3) is 0 Å². The lowest BCUT2D eigenvalue weighted by atomic mass is 10.0. The number of esters is 2. The molecule has 0 unspecified atom stereocenters. The van der Waals surface area contributed by atoms with Gasteiger partial charge in [0.15, 0.2) is 16.8 Å². The third-order valence-electron chi connectivity index (χ3n) is 7.72. The van der Waals surface area contributed by atoms with Crippen molar-refractivity contribution < 1.29 is 28.2 Å². The molecule has 0 saturated carbocycles. The summed E-state index contributed by atoms with van der Waals surface area (Å²) < 4.78 is 22.6. The van der Waals surface area contributed by atoms with Crippen LogP contribution in [0.4, 0.5) is 5.69 Å². The fourth-order valence-corrected chi connectivity index (χ4v) is 5.18. The second-order valence-electron chi connectivity index (χ2n) is 11.1. The molecule has 0 fully saturated rings. The Morgan fingerprint density at radius 1 is 0.848 bits per heavy atom. The van der Waals surface area contributed by atoms with Crippen molar-refractivity contribution in [1.29, 1.82) is 0 Å². The average molecular weight is 623 g/mol. The number of ether oxygens (including phenoxy) is 3. The average Bonchev–Trinajstić information content (AvgIpc) is 3.06. The summed E-state index contributed by atoms with van der Waals surface area (Å²) in [6, 6.07) is 19.0. The third kappa shape index (κ3) is 7.54. The molecule has 3 aromatic carbocycles. The number of benzene rings is 4. The molecule has 9 nitrogen and oxygen atoms in total. The van der Waals surface area contributed by atoms with Crippen LogP contribution in [0.25, 0.3) is 33.3 Å². The van der Waals surface area contributed by atoms with Gasteiger partial charge in [-0.1, -0.05) is 6.58 Å². The Balaban J connectivity index is 1.19. The first-order valence-electron chi connectivity index (χ1n) is 15.6. The fourth-order valence-electron chi connectivity index (χ4n) is 5.18. The first kappa shape index (κ1) is 32.2. The van der Waals surface area contributed by atoms with Gasteiger partial charge >= 0.3 is 11.9 Å². The molecule has 0 N–H and O–H groups in total. The largest absolute Gasteiger partial charge is 0.494 e. The Hall–Kier alpha value is -5.18. The highest BCUT2D eigenvalue weighted by molar-refractivity contribution is 5.98. The lowest BCUT2D eigenvalue weighted by Crippen LogP contribution is -2.21. The number of unbranched alkanes of at least 4 members (excludes halogenated alkanes) is 3. The van der Waals surface area contributed by atoms with Gasteiger partial charge in [-0.25, -0.2) is 14.6 Å². The number of rotatable bonds is 14. The Bertz CT molecular complexity index is 1890. The molecule has 1 aliphatic carbocycles. The zero-order valence-corrected chi connectivity index (χ0v) is 26.5. The van der Waals surface area contributed by atoms with E-state index in [0.717, 1.165) is 44.5 Å². The van der Waals surface area contributed by atoms with Crippen LogP contribution < -0.4 is 19.8 Å². The standard InChI is InChI=1S/C37H38N2O7/c1-5-39(6-2)26-13-18-31-33(21-26)46-34-23-32(40)30-22-28(16-17-29(30)35(34)38-31)45-37(42)25-11-14-27(15-12-25)43-19-9-7-8-10-20-44-36(41)24(3)4/h11-18,21-23H,3,5-10,19-20H2,1-2,4H3. The highest BCUT2D eigenvalue weighted by Gasteiger charge is 2.18. The van der Waals surface area contributed by atoms with Gasteiger partial charge in [-0.15, -0.1) is 0 Å². The molecule has 0 radical (unpaired) electrons. The van der Waals surface area contributed by atoms with E-state index in [9.17, 15) is 14.4 Å². The van der Waals surface area contributed by atoms with Gasteiger partial charge in [0.05, 0.1) is 18.8 Å². The van der Waals surface area contributed by atoms with Crippen LogP contribution in [0.1, 0.15) is 56.8 Å². The second kappa shape index (κ2) is 14.7. The van der Waals surface area contributed by atoms with Crippen molar-refractivity contribution in [3.8, 4) is 23.0 Å². The van der Waals surface area contributed by atoms with Crippen molar-refractivity contribution in [3.05, 3.63) is 94.7 Å². The van der Waals surface area contributed by atoms with Crippen molar-refractivity contribution >= 4 is 39.5 Å². The minimum atomic E-state index is -0.547. The summed E-state index contributed by atoms with van der Waals surface area (Å²) in [4.78, 5) is 44.4. The summed E-state index contributed by atoms with van der Waals surface area (Å²) in [5, 5.41) is 1.00. The molecule has 3 aromatic rings. The second-order valence-corrected chi connectivity index (χ2v) is 11.1. The number of hydrogen-bond acceptors (Lipinski definition) is 9. The van der Waals surface area contributed by atoms with Crippen molar-refractivity contribution in [2.45, 2.75) is 46.5 Å². The summed E-state index contributed by atoms with van der Waals surface area (Å²) in [5.41, 5.74) is 3.39. The minimum absolute atomic E-state index is 0.252. The highest BCUT2D eigenvalue weighted by Crippen LogP contribution is 2.33. The quantitative estimate of drug-likeness (QED) is 0.0309. The SMILES string of the molecule is C=C(C)C(=O)OCCCCCCOc1ccc(C(=O)Oc2ccc3c4nc5ccc(N(CC)CC)cc5oc-4cc(=O)c3c2)cc1. The summed E-state index contributed by atoms with van der Waals surface area (Å²) in [5.74, 6) is 0.399. The van der Waals surface area contributed by atoms with Crippen LogP contribution in [0, 0.1) is 0 Å². The highest BCUT2D eigenvalue weighted by atomic mass is 16.5. The first-order valence-corrected chi connectivity index (χ1v) is 15.6. The number of anilines is 1. The van der Waals surface area contributed by atoms with Gasteiger partial charge in [-0.3, -0.25) is 4.79 Å². The maximum absolute atomic E-state index is 13.1. The van der Waals surface area contributed by atoms with Crippen molar-refractivity contribution in [2.24, 2.45) is 0 Å². The van der Waals surface area contributed by atoms with Gasteiger partial charge in [-0.05, 0) is 101 Å². The molecule has 1 aliphatic heterocycles. The molecular formula is C37H38N2O7. The van der Waals surface area contributed by atoms with Gasteiger partial charge < -0.3 is 23.5 Å². The molecule has 46 heavy (non-hydrogen) atoms. The van der Waals surface area contributed by atoms with Crippen LogP contribution in [0.3, 0.4) is 0 Å². The smallest absolute Gasteiger partial charge is 0.343 e. The number of hydrogen-bond donors (Lipinski definition) is 0. The minimum Gasteiger partial charge on any atom is -0.494 e. The molecule has 9 heteroatoms. The Morgan fingerprint density at radius 2 is 1.57 bits per heavy atom. The maximum Gasteiger partial charge on any atom is 0.343 e. The molecule has 5 rings (SSSR count). The van der Waals surface area contributed by atoms with E-state index in [1.54, 1.807) is 49.4 Å². The van der Waals surface area contributed by atoms with Gasteiger partial charge in [0, 0.05) is 47.3 Å². The molecule has 0 bridgehead atoms. The molecule has 0 aromatic heterocycles. The lowest BCUT2D eigenvalue weighted by Gasteiger charge is -2.21. The molecule has 0 saturated heterocycles. The van der Waals surface area contributed by atoms with E-state index in [4.69, 9.17) is 23.6 Å². The van der Waals surface area contributed by atoms with E-state index in [0.29, 0.717) is 63.4 Å². The van der Waals surface area contributed by atoms with E-state index in [2.05, 4.69) is 25.3 Å². The Labute approximate surface area is 267 Å². The lowest BCUT2D eigenvalue weighted by molar-refractivity contribution is -0.139. The fraction of sp³-hybridized carbons (Fsp3) is 0.297. The number of carbonyl (C=O) groups is 2. The van der Waals surface area contributed by atoms with E-state index < -0.39 is 5.97 Å². The van der Waals surface area contributed by atoms with Crippen LogP contribution in [-0.2, 0) is 9.53 Å². The van der Waals surface area contributed by atoms with Crippen LogP contribution >= 0.6 is 0 Å². The van der Waals surface area contributed by atoms with Gasteiger partial charge in [0.1, 0.15) is 22.7 Å². The first-order chi connectivity index (χ1) is 22.3. The number of aromatic nitrogens is 1. The van der Waals surface area contributed by atoms with Crippen LogP contribution in [0.15, 0.2) is 88.1 Å². The summed E-state index contributed by atoms with van der Waals surface area (Å²) in [7, 11) is 0. The van der Waals surface area contributed by atoms with E-state index >= 15 is 0 Å². The molecule has 0 spiro atoms. The molecular weight excluding hydrogens is 584 g/mol. The van der Waals surface area contributed by atoms with E-state index in [1.807, 2.05) is 18.2 Å². The molecule has 238 valence electrons. The molecule has 1 heterocycles. The van der Waals surface area contributed by atoms with Crippen molar-refractivity contribution in [1.82, 2.24) is 4.98 Å². The Kier molecular flexibility index (Phi) is 10.3. The molecule has 2 aliphatic rings.